The molecule has 0 saturated heterocycles. The molecule has 25 heavy (non-hydrogen) atoms. The van der Waals surface area contributed by atoms with Crippen LogP contribution < -0.4 is 5.32 Å². The van der Waals surface area contributed by atoms with Gasteiger partial charge < -0.3 is 14.5 Å². The summed E-state index contributed by atoms with van der Waals surface area (Å²) in [7, 11) is -1.84. The molecule has 1 N–H and O–H groups in total. The maximum absolute atomic E-state index is 11.9. The zero-order chi connectivity index (χ0) is 19.8. The molecule has 0 aliphatic rings. The molecule has 148 valence electrons. The minimum Gasteiger partial charge on any atom is -0.548 e. The molecule has 4 nitrogen and oxygen atoms in total. The third-order valence-corrected chi connectivity index (χ3v) is 10.1. The van der Waals surface area contributed by atoms with E-state index in [1.807, 2.05) is 13.2 Å². The van der Waals surface area contributed by atoms with Crippen LogP contribution in [0.2, 0.25) is 18.1 Å². The number of carbonyl (C=O) groups is 1. The van der Waals surface area contributed by atoms with Crippen LogP contribution in [0.3, 0.4) is 0 Å². The van der Waals surface area contributed by atoms with Gasteiger partial charge in [-0.25, -0.2) is 4.79 Å². The number of thioether (sulfide) groups is 1. The summed E-state index contributed by atoms with van der Waals surface area (Å²) in [6.07, 6.45) is 4.56. The Hall–Kier alpha value is -0.623. The standard InChI is InChI=1S/C19H39NO3SSi/c1-11-22-18(21)20-16(12-14(2)3)15(4)17(24-8)13-23-25(9,10)19(5,6)7/h13-16H,11-12H2,1-10H3,(H,20,21)/b17-13-/t15-,16+/m0/s1. The van der Waals surface area contributed by atoms with Crippen molar-refractivity contribution in [3.63, 3.8) is 0 Å². The van der Waals surface area contributed by atoms with E-state index in [1.165, 1.54) is 0 Å². The normalized spacial score (nSPS) is 15.7. The Balaban J connectivity index is 5.29. The van der Waals surface area contributed by atoms with Gasteiger partial charge in [0, 0.05) is 16.9 Å². The molecule has 0 heterocycles. The van der Waals surface area contributed by atoms with E-state index >= 15 is 0 Å². The molecule has 0 aromatic rings. The van der Waals surface area contributed by atoms with E-state index in [4.69, 9.17) is 9.16 Å². The third-order valence-electron chi connectivity index (χ3n) is 4.87. The molecule has 0 aromatic carbocycles. The Labute approximate surface area is 160 Å². The minimum absolute atomic E-state index is 0.0285. The fourth-order valence-electron chi connectivity index (χ4n) is 2.14. The van der Waals surface area contributed by atoms with E-state index in [0.717, 1.165) is 11.3 Å². The molecule has 1 amide bonds. The van der Waals surface area contributed by atoms with Crippen LogP contribution in [0.1, 0.15) is 54.9 Å². The highest BCUT2D eigenvalue weighted by Gasteiger charge is 2.38. The van der Waals surface area contributed by atoms with Crippen molar-refractivity contribution in [2.75, 3.05) is 12.9 Å². The molecule has 6 heteroatoms. The van der Waals surface area contributed by atoms with Crippen LogP contribution in [0.25, 0.3) is 0 Å². The quantitative estimate of drug-likeness (QED) is 0.387. The maximum atomic E-state index is 11.9. The van der Waals surface area contributed by atoms with Gasteiger partial charge in [0.25, 0.3) is 0 Å². The highest BCUT2D eigenvalue weighted by Crippen LogP contribution is 2.38. The first-order chi connectivity index (χ1) is 11.4. The van der Waals surface area contributed by atoms with Gasteiger partial charge in [-0.3, -0.25) is 0 Å². The Bertz CT molecular complexity index is 444. The molecule has 0 rings (SSSR count). The van der Waals surface area contributed by atoms with E-state index < -0.39 is 8.32 Å². The number of alkyl carbamates (subject to hydrolysis) is 1. The van der Waals surface area contributed by atoms with Gasteiger partial charge in [0.2, 0.25) is 8.32 Å². The van der Waals surface area contributed by atoms with Gasteiger partial charge in [-0.2, -0.15) is 0 Å². The minimum atomic E-state index is -1.84. The van der Waals surface area contributed by atoms with E-state index in [0.29, 0.717) is 12.5 Å². The number of carbonyl (C=O) groups excluding carboxylic acids is 1. The summed E-state index contributed by atoms with van der Waals surface area (Å²) in [4.78, 5) is 13.1. The lowest BCUT2D eigenvalue weighted by Gasteiger charge is -2.36. The van der Waals surface area contributed by atoms with Gasteiger partial charge >= 0.3 is 6.09 Å². The van der Waals surface area contributed by atoms with Gasteiger partial charge in [-0.05, 0) is 43.7 Å². The van der Waals surface area contributed by atoms with Crippen LogP contribution in [-0.2, 0) is 9.16 Å². The van der Waals surface area contributed by atoms with E-state index in [1.54, 1.807) is 11.8 Å². The Morgan fingerprint density at radius 3 is 2.20 bits per heavy atom. The van der Waals surface area contributed by atoms with Crippen molar-refractivity contribution in [2.24, 2.45) is 11.8 Å². The average Bonchev–Trinajstić information content (AvgIpc) is 2.45. The lowest BCUT2D eigenvalue weighted by Crippen LogP contribution is -2.41. The van der Waals surface area contributed by atoms with Crippen LogP contribution in [0, 0.1) is 11.8 Å². The number of hydrogen-bond acceptors (Lipinski definition) is 4. The molecular formula is C19H39NO3SSi. The van der Waals surface area contributed by atoms with Crippen molar-refractivity contribution < 1.29 is 14.0 Å². The second kappa shape index (κ2) is 10.5. The maximum Gasteiger partial charge on any atom is 0.407 e. The Kier molecular flexibility index (Phi) is 10.2. The van der Waals surface area contributed by atoms with Crippen molar-refractivity contribution in [3.8, 4) is 0 Å². The van der Waals surface area contributed by atoms with Crippen molar-refractivity contribution in [1.82, 2.24) is 5.32 Å². The first-order valence-corrected chi connectivity index (χ1v) is 13.3. The summed E-state index contributed by atoms with van der Waals surface area (Å²) in [5, 5.41) is 3.20. The van der Waals surface area contributed by atoms with Crippen LogP contribution in [0.5, 0.6) is 0 Å². The smallest absolute Gasteiger partial charge is 0.407 e. The number of ether oxygens (including phenoxy) is 1. The first-order valence-electron chi connectivity index (χ1n) is 9.20. The van der Waals surface area contributed by atoms with E-state index in [2.05, 4.69) is 66.2 Å². The van der Waals surface area contributed by atoms with Gasteiger partial charge in [0.1, 0.15) is 0 Å². The predicted molar refractivity (Wildman–Crippen MR) is 112 cm³/mol. The summed E-state index contributed by atoms with van der Waals surface area (Å²) in [5.41, 5.74) is 0. The van der Waals surface area contributed by atoms with E-state index in [9.17, 15) is 4.79 Å². The zero-order valence-corrected chi connectivity index (χ0v) is 19.7. The number of hydrogen-bond donors (Lipinski definition) is 1. The number of rotatable bonds is 9. The SMILES string of the molecule is CCOC(=O)N[C@H](CC(C)C)[C@H](C)/C(=C/O[Si](C)(C)C(C)(C)C)SC. The second-order valence-corrected chi connectivity index (χ2v) is 14.1. The summed E-state index contributed by atoms with van der Waals surface area (Å²) in [6, 6.07) is 0.0285. The largest absolute Gasteiger partial charge is 0.548 e. The molecule has 0 aliphatic heterocycles. The molecule has 0 bridgehead atoms. The lowest BCUT2D eigenvalue weighted by molar-refractivity contribution is 0.143. The number of amides is 1. The summed E-state index contributed by atoms with van der Waals surface area (Å²) >= 11 is 1.69. The highest BCUT2D eigenvalue weighted by atomic mass is 32.2. The van der Waals surface area contributed by atoms with Gasteiger partial charge in [0.15, 0.2) is 0 Å². The van der Waals surface area contributed by atoms with Crippen LogP contribution in [0.15, 0.2) is 11.2 Å². The van der Waals surface area contributed by atoms with Crippen molar-refractivity contribution in [2.45, 2.75) is 79.1 Å². The molecule has 0 saturated carbocycles. The third kappa shape index (κ3) is 8.54. The topological polar surface area (TPSA) is 47.6 Å². The Morgan fingerprint density at radius 1 is 1.24 bits per heavy atom. The first kappa shape index (κ1) is 24.4. The fraction of sp³-hybridized carbons (Fsp3) is 0.842. The van der Waals surface area contributed by atoms with Gasteiger partial charge in [-0.1, -0.05) is 41.5 Å². The second-order valence-electron chi connectivity index (χ2n) is 8.49. The molecule has 0 spiro atoms. The van der Waals surface area contributed by atoms with E-state index in [-0.39, 0.29) is 23.1 Å². The van der Waals surface area contributed by atoms with Crippen LogP contribution >= 0.6 is 11.8 Å². The van der Waals surface area contributed by atoms with Gasteiger partial charge in [-0.15, -0.1) is 11.8 Å². The highest BCUT2D eigenvalue weighted by molar-refractivity contribution is 8.02. The molecule has 2 atom stereocenters. The summed E-state index contributed by atoms with van der Waals surface area (Å²) < 4.78 is 11.4. The van der Waals surface area contributed by atoms with Crippen molar-refractivity contribution in [1.29, 1.82) is 0 Å². The summed E-state index contributed by atoms with van der Waals surface area (Å²) in [5.74, 6) is 0.658. The predicted octanol–water partition coefficient (Wildman–Crippen LogP) is 6.01. The fourth-order valence-corrected chi connectivity index (χ4v) is 3.68. The van der Waals surface area contributed by atoms with Gasteiger partial charge in [0.05, 0.1) is 12.9 Å². The van der Waals surface area contributed by atoms with Crippen LogP contribution in [0.4, 0.5) is 4.79 Å². The molecular weight excluding hydrogens is 350 g/mol. The van der Waals surface area contributed by atoms with Crippen LogP contribution in [-0.4, -0.2) is 33.3 Å². The Morgan fingerprint density at radius 2 is 1.80 bits per heavy atom. The van der Waals surface area contributed by atoms with Crippen molar-refractivity contribution in [3.05, 3.63) is 11.2 Å². The zero-order valence-electron chi connectivity index (χ0n) is 17.9. The molecule has 0 unspecified atom stereocenters. The monoisotopic (exact) mass is 389 g/mol. The molecule has 0 radical (unpaired) electrons. The molecule has 0 fully saturated rings. The average molecular weight is 390 g/mol. The number of nitrogens with one attached hydrogen (secondary N) is 1. The molecule has 0 aliphatic carbocycles. The molecule has 0 aromatic heterocycles. The summed E-state index contributed by atoms with van der Waals surface area (Å²) in [6.45, 7) is 19.9. The lowest BCUT2D eigenvalue weighted by atomic mass is 9.93. The van der Waals surface area contributed by atoms with Crippen molar-refractivity contribution >= 4 is 26.2 Å².